The molecule has 1 aliphatic rings. The monoisotopic (exact) mass is 218 g/mol. The molecule has 0 heterocycles. The van der Waals surface area contributed by atoms with Gasteiger partial charge in [-0.3, -0.25) is 4.79 Å². The highest BCUT2D eigenvalue weighted by atomic mass is 16.2. The molecule has 0 bridgehead atoms. The summed E-state index contributed by atoms with van der Waals surface area (Å²) in [5.74, 6) is 0.458. The molecule has 1 saturated carbocycles. The fraction of sp³-hybridized carbons (Fsp3) is 0.462. The predicted octanol–water partition coefficient (Wildman–Crippen LogP) is 1.40. The average molecular weight is 218 g/mol. The van der Waals surface area contributed by atoms with Gasteiger partial charge in [-0.15, -0.1) is 0 Å². The maximum atomic E-state index is 11.6. The van der Waals surface area contributed by atoms with Crippen LogP contribution in [0.4, 0.5) is 0 Å². The van der Waals surface area contributed by atoms with Crippen LogP contribution in [0.5, 0.6) is 0 Å². The van der Waals surface area contributed by atoms with Crippen molar-refractivity contribution in [2.24, 2.45) is 5.73 Å². The van der Waals surface area contributed by atoms with Crippen LogP contribution in [0.25, 0.3) is 0 Å². The second kappa shape index (κ2) is 4.66. The third-order valence-corrected chi connectivity index (χ3v) is 3.12. The molecule has 3 heteroatoms. The molecule has 0 aliphatic heterocycles. The number of hydrogen-bond donors (Lipinski definition) is 2. The van der Waals surface area contributed by atoms with Crippen LogP contribution in [0.2, 0.25) is 0 Å². The molecule has 3 atom stereocenters. The molecule has 2 rings (SSSR count). The van der Waals surface area contributed by atoms with Crippen LogP contribution in [0.3, 0.4) is 0 Å². The number of nitrogens with one attached hydrogen (secondary N) is 1. The standard InChI is InChI=1S/C13H18N2O/c1-2-11(14)13(16)15-12-8-10(12)9-6-4-3-5-7-9/h3-7,10-12H,2,8,14H2,1H3,(H,15,16)/t10?,11-,12?/m1/s1. The third kappa shape index (κ3) is 2.42. The molecule has 1 amide bonds. The van der Waals surface area contributed by atoms with Gasteiger partial charge in [0.25, 0.3) is 0 Å². The van der Waals surface area contributed by atoms with Crippen LogP contribution in [-0.2, 0) is 4.79 Å². The van der Waals surface area contributed by atoms with Crippen LogP contribution in [-0.4, -0.2) is 18.0 Å². The van der Waals surface area contributed by atoms with Crippen molar-refractivity contribution >= 4 is 5.91 Å². The van der Waals surface area contributed by atoms with Crippen molar-refractivity contribution in [3.05, 3.63) is 35.9 Å². The van der Waals surface area contributed by atoms with Crippen LogP contribution < -0.4 is 11.1 Å². The van der Waals surface area contributed by atoms with E-state index in [1.54, 1.807) is 0 Å². The van der Waals surface area contributed by atoms with E-state index in [0.29, 0.717) is 12.3 Å². The third-order valence-electron chi connectivity index (χ3n) is 3.12. The summed E-state index contributed by atoms with van der Waals surface area (Å²) in [5, 5.41) is 2.99. The maximum absolute atomic E-state index is 11.6. The van der Waals surface area contributed by atoms with Gasteiger partial charge in [0.1, 0.15) is 0 Å². The lowest BCUT2D eigenvalue weighted by Gasteiger charge is -2.09. The van der Waals surface area contributed by atoms with E-state index in [0.717, 1.165) is 6.42 Å². The van der Waals surface area contributed by atoms with Crippen molar-refractivity contribution in [3.63, 3.8) is 0 Å². The van der Waals surface area contributed by atoms with Crippen molar-refractivity contribution in [2.45, 2.75) is 37.8 Å². The lowest BCUT2D eigenvalue weighted by Crippen LogP contribution is -2.41. The Morgan fingerprint density at radius 1 is 1.50 bits per heavy atom. The van der Waals surface area contributed by atoms with Crippen molar-refractivity contribution in [2.75, 3.05) is 0 Å². The molecule has 1 aromatic carbocycles. The average Bonchev–Trinajstić information content (AvgIpc) is 3.08. The first-order valence-electron chi connectivity index (χ1n) is 5.83. The summed E-state index contributed by atoms with van der Waals surface area (Å²) in [7, 11) is 0. The highest BCUT2D eigenvalue weighted by Gasteiger charge is 2.39. The highest BCUT2D eigenvalue weighted by molar-refractivity contribution is 5.82. The van der Waals surface area contributed by atoms with Gasteiger partial charge in [-0.25, -0.2) is 0 Å². The summed E-state index contributed by atoms with van der Waals surface area (Å²) < 4.78 is 0. The minimum Gasteiger partial charge on any atom is -0.351 e. The highest BCUT2D eigenvalue weighted by Crippen LogP contribution is 2.40. The van der Waals surface area contributed by atoms with Crippen LogP contribution in [0.15, 0.2) is 30.3 Å². The minimum absolute atomic E-state index is 0.0223. The fourth-order valence-corrected chi connectivity index (χ4v) is 1.90. The molecule has 3 nitrogen and oxygen atoms in total. The van der Waals surface area contributed by atoms with Gasteiger partial charge in [-0.05, 0) is 18.4 Å². The normalized spacial score (nSPS) is 24.9. The first-order chi connectivity index (χ1) is 7.72. The number of hydrogen-bond acceptors (Lipinski definition) is 2. The Hall–Kier alpha value is -1.35. The van der Waals surface area contributed by atoms with Crippen molar-refractivity contribution in [3.8, 4) is 0 Å². The number of benzene rings is 1. The first-order valence-corrected chi connectivity index (χ1v) is 5.83. The summed E-state index contributed by atoms with van der Waals surface area (Å²) in [6.07, 6.45) is 1.72. The Kier molecular flexibility index (Phi) is 3.25. The summed E-state index contributed by atoms with van der Waals surface area (Å²) >= 11 is 0. The smallest absolute Gasteiger partial charge is 0.237 e. The molecule has 1 aliphatic carbocycles. The molecule has 0 saturated heterocycles. The van der Waals surface area contributed by atoms with Crippen LogP contribution in [0.1, 0.15) is 31.2 Å². The van der Waals surface area contributed by atoms with Gasteiger partial charge < -0.3 is 11.1 Å². The van der Waals surface area contributed by atoms with Gasteiger partial charge >= 0.3 is 0 Å². The SMILES string of the molecule is CC[C@@H](N)C(=O)NC1CC1c1ccccc1. The largest absolute Gasteiger partial charge is 0.351 e. The number of carbonyl (C=O) groups excluding carboxylic acids is 1. The van der Waals surface area contributed by atoms with E-state index >= 15 is 0 Å². The van der Waals surface area contributed by atoms with E-state index in [1.165, 1.54) is 5.56 Å². The van der Waals surface area contributed by atoms with Crippen molar-refractivity contribution in [1.82, 2.24) is 5.32 Å². The summed E-state index contributed by atoms with van der Waals surface area (Å²) in [5.41, 5.74) is 6.97. The van der Waals surface area contributed by atoms with E-state index < -0.39 is 0 Å². The van der Waals surface area contributed by atoms with Gasteiger partial charge in [-0.2, -0.15) is 0 Å². The Morgan fingerprint density at radius 3 is 2.81 bits per heavy atom. The number of carbonyl (C=O) groups is 1. The van der Waals surface area contributed by atoms with Crippen LogP contribution in [0, 0.1) is 0 Å². The molecule has 86 valence electrons. The molecule has 0 radical (unpaired) electrons. The zero-order valence-electron chi connectivity index (χ0n) is 9.52. The van der Waals surface area contributed by atoms with Crippen molar-refractivity contribution in [1.29, 1.82) is 0 Å². The molecule has 0 spiro atoms. The number of rotatable bonds is 4. The Bertz CT molecular complexity index is 363. The molecule has 0 aromatic heterocycles. The van der Waals surface area contributed by atoms with Gasteiger partial charge in [0, 0.05) is 12.0 Å². The van der Waals surface area contributed by atoms with Crippen LogP contribution >= 0.6 is 0 Å². The quantitative estimate of drug-likeness (QED) is 0.802. The molecule has 3 N–H and O–H groups in total. The molecular weight excluding hydrogens is 200 g/mol. The lowest BCUT2D eigenvalue weighted by atomic mass is 10.1. The molecular formula is C13H18N2O. The zero-order chi connectivity index (χ0) is 11.5. The number of nitrogens with two attached hydrogens (primary N) is 1. The zero-order valence-corrected chi connectivity index (χ0v) is 9.52. The van der Waals surface area contributed by atoms with E-state index in [4.69, 9.17) is 5.73 Å². The molecule has 1 aromatic rings. The van der Waals surface area contributed by atoms with Gasteiger partial charge in [0.05, 0.1) is 6.04 Å². The van der Waals surface area contributed by atoms with E-state index in [-0.39, 0.29) is 18.0 Å². The maximum Gasteiger partial charge on any atom is 0.237 e. The Labute approximate surface area is 96.0 Å². The summed E-state index contributed by atoms with van der Waals surface area (Å²) in [4.78, 5) is 11.6. The minimum atomic E-state index is -0.364. The Morgan fingerprint density at radius 2 is 2.19 bits per heavy atom. The lowest BCUT2D eigenvalue weighted by molar-refractivity contribution is -0.122. The molecule has 2 unspecified atom stereocenters. The van der Waals surface area contributed by atoms with Gasteiger partial charge in [0.2, 0.25) is 5.91 Å². The molecule has 1 fully saturated rings. The van der Waals surface area contributed by atoms with Gasteiger partial charge in [0.15, 0.2) is 0 Å². The fourth-order valence-electron chi connectivity index (χ4n) is 1.90. The summed E-state index contributed by atoms with van der Waals surface area (Å²) in [6, 6.07) is 10.2. The number of amides is 1. The van der Waals surface area contributed by atoms with E-state index in [1.807, 2.05) is 25.1 Å². The topological polar surface area (TPSA) is 55.1 Å². The first kappa shape index (κ1) is 11.1. The van der Waals surface area contributed by atoms with E-state index in [2.05, 4.69) is 17.4 Å². The van der Waals surface area contributed by atoms with Crippen molar-refractivity contribution < 1.29 is 4.79 Å². The Balaban J connectivity index is 1.86. The molecule has 16 heavy (non-hydrogen) atoms. The second-order valence-corrected chi connectivity index (χ2v) is 4.38. The van der Waals surface area contributed by atoms with E-state index in [9.17, 15) is 4.79 Å². The van der Waals surface area contributed by atoms with Gasteiger partial charge in [-0.1, -0.05) is 37.3 Å². The predicted molar refractivity (Wildman–Crippen MR) is 64.0 cm³/mol. The second-order valence-electron chi connectivity index (χ2n) is 4.38. The summed E-state index contributed by atoms with van der Waals surface area (Å²) in [6.45, 7) is 1.92.